The highest BCUT2D eigenvalue weighted by Gasteiger charge is 2.40. The smallest absolute Gasteiger partial charge is 0.409 e. The molecule has 1 aliphatic rings. The van der Waals surface area contributed by atoms with Crippen molar-refractivity contribution in [1.29, 1.82) is 0 Å². The fourth-order valence-electron chi connectivity index (χ4n) is 1.53. The molecule has 1 saturated heterocycles. The van der Waals surface area contributed by atoms with Crippen LogP contribution in [0.15, 0.2) is 0 Å². The first kappa shape index (κ1) is 13.5. The van der Waals surface area contributed by atoms with E-state index in [0.717, 1.165) is 0 Å². The highest BCUT2D eigenvalue weighted by Crippen LogP contribution is 2.18. The molecule has 0 radical (unpaired) electrons. The first-order chi connectivity index (χ1) is 7.74. The molecule has 1 atom stereocenters. The third-order valence-corrected chi connectivity index (χ3v) is 2.26. The van der Waals surface area contributed by atoms with Crippen LogP contribution in [0.2, 0.25) is 0 Å². The number of Topliss-reactive ketones (excluding diaryl/α,β-unsaturated/α-hetero) is 1. The van der Waals surface area contributed by atoms with Crippen molar-refractivity contribution in [1.82, 2.24) is 4.90 Å². The van der Waals surface area contributed by atoms with Gasteiger partial charge >= 0.3 is 12.1 Å². The van der Waals surface area contributed by atoms with E-state index in [1.807, 2.05) is 0 Å². The number of esters is 1. The van der Waals surface area contributed by atoms with Crippen LogP contribution < -0.4 is 0 Å². The number of carbonyl (C=O) groups excluding carboxylic acids is 3. The van der Waals surface area contributed by atoms with E-state index in [4.69, 9.17) is 4.74 Å². The predicted molar refractivity (Wildman–Crippen MR) is 58.3 cm³/mol. The number of rotatable bonds is 1. The van der Waals surface area contributed by atoms with Gasteiger partial charge in [-0.25, -0.2) is 4.79 Å². The third kappa shape index (κ3) is 3.44. The molecule has 1 fully saturated rings. The zero-order chi connectivity index (χ0) is 13.2. The Labute approximate surface area is 99.9 Å². The van der Waals surface area contributed by atoms with Gasteiger partial charge in [0.2, 0.25) is 0 Å². The van der Waals surface area contributed by atoms with Crippen LogP contribution in [0.3, 0.4) is 0 Å². The molecule has 0 aromatic rings. The second-order valence-corrected chi connectivity index (χ2v) is 4.90. The van der Waals surface area contributed by atoms with E-state index in [1.54, 1.807) is 20.8 Å². The average molecular weight is 243 g/mol. The molecule has 0 aliphatic carbocycles. The van der Waals surface area contributed by atoms with Gasteiger partial charge in [-0.05, 0) is 20.8 Å². The Balaban J connectivity index is 2.65. The monoisotopic (exact) mass is 243 g/mol. The number of carbonyl (C=O) groups is 3. The summed E-state index contributed by atoms with van der Waals surface area (Å²) in [5.41, 5.74) is -0.643. The van der Waals surface area contributed by atoms with E-state index in [0.29, 0.717) is 0 Å². The molecule has 1 rings (SSSR count). The molecular weight excluding hydrogens is 226 g/mol. The van der Waals surface area contributed by atoms with Gasteiger partial charge in [0, 0.05) is 6.54 Å². The van der Waals surface area contributed by atoms with E-state index in [-0.39, 0.29) is 18.9 Å². The fourth-order valence-corrected chi connectivity index (χ4v) is 1.53. The lowest BCUT2D eigenvalue weighted by Crippen LogP contribution is -2.33. The lowest BCUT2D eigenvalue weighted by atomic mass is 10.1. The van der Waals surface area contributed by atoms with Crippen LogP contribution in [-0.2, 0) is 19.1 Å². The number of hydrogen-bond donors (Lipinski definition) is 0. The normalized spacial score (nSPS) is 20.4. The van der Waals surface area contributed by atoms with Crippen molar-refractivity contribution in [3.05, 3.63) is 0 Å². The van der Waals surface area contributed by atoms with Gasteiger partial charge < -0.3 is 9.47 Å². The molecule has 6 nitrogen and oxygen atoms in total. The number of hydrogen-bond acceptors (Lipinski definition) is 5. The zero-order valence-corrected chi connectivity index (χ0v) is 10.5. The zero-order valence-electron chi connectivity index (χ0n) is 10.5. The van der Waals surface area contributed by atoms with Crippen LogP contribution in [-0.4, -0.2) is 48.5 Å². The molecule has 6 heteroatoms. The molecule has 0 spiro atoms. The Kier molecular flexibility index (Phi) is 3.75. The van der Waals surface area contributed by atoms with Gasteiger partial charge in [-0.3, -0.25) is 14.5 Å². The van der Waals surface area contributed by atoms with E-state index in [2.05, 4.69) is 4.74 Å². The van der Waals surface area contributed by atoms with Gasteiger partial charge in [-0.2, -0.15) is 0 Å². The number of nitrogens with zero attached hydrogens (tertiary/aromatic N) is 1. The lowest BCUT2D eigenvalue weighted by Gasteiger charge is -2.21. The predicted octanol–water partition coefficient (Wildman–Crippen LogP) is 0.595. The largest absolute Gasteiger partial charge is 0.459 e. The molecule has 0 aromatic carbocycles. The van der Waals surface area contributed by atoms with Gasteiger partial charge in [-0.1, -0.05) is 0 Å². The van der Waals surface area contributed by atoms with Crippen LogP contribution in [0, 0.1) is 5.92 Å². The SMILES string of the molecule is COC(=O)N1CC(=O)C(C(=O)OC(C)(C)C)C1. The molecule has 0 aromatic heterocycles. The van der Waals surface area contributed by atoms with Gasteiger partial charge in [0.25, 0.3) is 0 Å². The first-order valence-electron chi connectivity index (χ1n) is 5.33. The molecule has 0 bridgehead atoms. The molecule has 1 heterocycles. The molecule has 1 amide bonds. The number of likely N-dealkylation sites (tertiary alicyclic amines) is 1. The first-order valence-corrected chi connectivity index (χ1v) is 5.33. The van der Waals surface area contributed by atoms with E-state index < -0.39 is 23.6 Å². The molecule has 96 valence electrons. The fraction of sp³-hybridized carbons (Fsp3) is 0.727. The topological polar surface area (TPSA) is 72.9 Å². The number of ether oxygens (including phenoxy) is 2. The highest BCUT2D eigenvalue weighted by atomic mass is 16.6. The van der Waals surface area contributed by atoms with Crippen LogP contribution in [0.1, 0.15) is 20.8 Å². The van der Waals surface area contributed by atoms with Crippen molar-refractivity contribution in [3.8, 4) is 0 Å². The third-order valence-electron chi connectivity index (χ3n) is 2.26. The van der Waals surface area contributed by atoms with Crippen LogP contribution in [0.4, 0.5) is 4.79 Å². The van der Waals surface area contributed by atoms with Gasteiger partial charge in [-0.15, -0.1) is 0 Å². The maximum absolute atomic E-state index is 11.7. The summed E-state index contributed by atoms with van der Waals surface area (Å²) in [7, 11) is 1.23. The minimum absolute atomic E-state index is 0.0282. The standard InChI is InChI=1S/C11H17NO5/c1-11(2,3)17-9(14)7-5-12(6-8(7)13)10(15)16-4/h7H,5-6H2,1-4H3. The Hall–Kier alpha value is -1.59. The van der Waals surface area contributed by atoms with Crippen molar-refractivity contribution < 1.29 is 23.9 Å². The summed E-state index contributed by atoms with van der Waals surface area (Å²) >= 11 is 0. The molecule has 0 N–H and O–H groups in total. The lowest BCUT2D eigenvalue weighted by molar-refractivity contribution is -0.160. The van der Waals surface area contributed by atoms with E-state index >= 15 is 0 Å². The summed E-state index contributed by atoms with van der Waals surface area (Å²) in [5, 5.41) is 0. The van der Waals surface area contributed by atoms with Gasteiger partial charge in [0.1, 0.15) is 11.5 Å². The summed E-state index contributed by atoms with van der Waals surface area (Å²) in [4.78, 5) is 35.7. The number of methoxy groups -OCH3 is 1. The highest BCUT2D eigenvalue weighted by molar-refractivity contribution is 6.03. The Morgan fingerprint density at radius 2 is 1.94 bits per heavy atom. The molecule has 17 heavy (non-hydrogen) atoms. The molecule has 0 saturated carbocycles. The van der Waals surface area contributed by atoms with Crippen LogP contribution in [0.25, 0.3) is 0 Å². The summed E-state index contributed by atoms with van der Waals surface area (Å²) in [6.45, 7) is 5.10. The molecule has 1 aliphatic heterocycles. The minimum atomic E-state index is -0.895. The summed E-state index contributed by atoms with van der Waals surface area (Å²) < 4.78 is 9.61. The number of amides is 1. The summed E-state index contributed by atoms with van der Waals surface area (Å²) in [6, 6.07) is 0. The Morgan fingerprint density at radius 1 is 1.35 bits per heavy atom. The second-order valence-electron chi connectivity index (χ2n) is 4.90. The minimum Gasteiger partial charge on any atom is -0.459 e. The van der Waals surface area contributed by atoms with Crippen molar-refractivity contribution in [2.24, 2.45) is 5.92 Å². The van der Waals surface area contributed by atoms with Crippen molar-refractivity contribution in [3.63, 3.8) is 0 Å². The van der Waals surface area contributed by atoms with Gasteiger partial charge in [0.05, 0.1) is 13.7 Å². The molecule has 1 unspecified atom stereocenters. The summed E-state index contributed by atoms with van der Waals surface area (Å²) in [6.07, 6.45) is -0.607. The maximum atomic E-state index is 11.7. The average Bonchev–Trinajstić information content (AvgIpc) is 2.56. The molecular formula is C11H17NO5. The number of ketones is 1. The second kappa shape index (κ2) is 4.73. The Morgan fingerprint density at radius 3 is 2.41 bits per heavy atom. The van der Waals surface area contributed by atoms with Crippen molar-refractivity contribution in [2.75, 3.05) is 20.2 Å². The van der Waals surface area contributed by atoms with Crippen molar-refractivity contribution >= 4 is 17.8 Å². The van der Waals surface area contributed by atoms with Crippen LogP contribution in [0.5, 0.6) is 0 Å². The van der Waals surface area contributed by atoms with Crippen molar-refractivity contribution in [2.45, 2.75) is 26.4 Å². The summed E-state index contributed by atoms with van der Waals surface area (Å²) in [5.74, 6) is -1.80. The van der Waals surface area contributed by atoms with E-state index in [9.17, 15) is 14.4 Å². The Bertz CT molecular complexity index is 344. The quantitative estimate of drug-likeness (QED) is 0.498. The maximum Gasteiger partial charge on any atom is 0.409 e. The van der Waals surface area contributed by atoms with Gasteiger partial charge in [0.15, 0.2) is 5.78 Å². The van der Waals surface area contributed by atoms with Crippen LogP contribution >= 0.6 is 0 Å². The van der Waals surface area contributed by atoms with E-state index in [1.165, 1.54) is 12.0 Å².